The predicted molar refractivity (Wildman–Crippen MR) is 69.8 cm³/mol. The third-order valence-electron chi connectivity index (χ3n) is 2.78. The maximum absolute atomic E-state index is 11.2. The minimum absolute atomic E-state index is 0.0793. The Bertz CT molecular complexity index is 484. The second kappa shape index (κ2) is 5.30. The zero-order valence-electron chi connectivity index (χ0n) is 9.67. The fourth-order valence-electron chi connectivity index (χ4n) is 1.86. The lowest BCUT2D eigenvalue weighted by Crippen LogP contribution is -2.29. The fraction of sp³-hybridized carbons (Fsp3) is 0.500. The number of nitrogens with two attached hydrogens (primary N) is 1. The van der Waals surface area contributed by atoms with Crippen molar-refractivity contribution >= 4 is 28.1 Å². The van der Waals surface area contributed by atoms with Gasteiger partial charge >= 0.3 is 0 Å². The molecule has 3 N–H and O–H groups in total. The molecule has 0 aromatic carbocycles. The molecule has 18 heavy (non-hydrogen) atoms. The van der Waals surface area contributed by atoms with Gasteiger partial charge in [-0.2, -0.15) is 0 Å². The number of anilines is 2. The number of rotatable bonds is 3. The zero-order valence-corrected chi connectivity index (χ0v) is 10.5. The molecule has 0 saturated carbocycles. The van der Waals surface area contributed by atoms with Crippen LogP contribution >= 0.6 is 0 Å². The van der Waals surface area contributed by atoms with E-state index < -0.39 is 15.7 Å². The van der Waals surface area contributed by atoms with Crippen molar-refractivity contribution in [1.82, 2.24) is 4.98 Å². The van der Waals surface area contributed by atoms with Gasteiger partial charge in [-0.05, 0) is 12.8 Å². The molecule has 0 amide bonds. The third kappa shape index (κ3) is 3.16. The van der Waals surface area contributed by atoms with Crippen molar-refractivity contribution in [2.45, 2.75) is 18.9 Å². The molecule has 0 spiro atoms. The molecule has 2 heterocycles. The number of nitrogens with one attached hydrogen (secondary N) is 1. The van der Waals surface area contributed by atoms with Gasteiger partial charge in [-0.1, -0.05) is 0 Å². The van der Waals surface area contributed by atoms with E-state index in [0.717, 1.165) is 12.8 Å². The number of nitro groups is 1. The molecule has 1 fully saturated rings. The molecule has 0 atom stereocenters. The smallest absolute Gasteiger partial charge is 0.276 e. The molecule has 0 radical (unpaired) electrons. The minimum atomic E-state index is -0.728. The van der Waals surface area contributed by atoms with Crippen molar-refractivity contribution in [2.75, 3.05) is 22.6 Å². The van der Waals surface area contributed by atoms with Crippen LogP contribution in [-0.2, 0) is 10.8 Å². The standard InChI is InChI=1S/C10H14N4O3S/c11-9-5-8(14(15)16)6-10(13-9)12-7-1-3-18(17)4-2-7/h5-7H,1-4H2,(H3,11,12,13). The second-order valence-corrected chi connectivity index (χ2v) is 5.86. The summed E-state index contributed by atoms with van der Waals surface area (Å²) >= 11 is 0. The lowest BCUT2D eigenvalue weighted by atomic mass is 10.1. The number of hydrogen-bond donors (Lipinski definition) is 2. The Morgan fingerprint density at radius 2 is 2.11 bits per heavy atom. The summed E-state index contributed by atoms with van der Waals surface area (Å²) in [6.45, 7) is 0. The topological polar surface area (TPSA) is 111 Å². The summed E-state index contributed by atoms with van der Waals surface area (Å²) in [6.07, 6.45) is 1.55. The summed E-state index contributed by atoms with van der Waals surface area (Å²) in [7, 11) is -0.728. The van der Waals surface area contributed by atoms with Gasteiger partial charge in [0.05, 0.1) is 17.1 Å². The van der Waals surface area contributed by atoms with Crippen LogP contribution in [0.5, 0.6) is 0 Å². The fourth-order valence-corrected chi connectivity index (χ4v) is 3.16. The average molecular weight is 270 g/mol. The molecule has 0 bridgehead atoms. The van der Waals surface area contributed by atoms with Crippen molar-refractivity contribution in [3.63, 3.8) is 0 Å². The average Bonchev–Trinajstić information content (AvgIpc) is 2.31. The summed E-state index contributed by atoms with van der Waals surface area (Å²) in [5.74, 6) is 1.83. The number of aromatic nitrogens is 1. The molecule has 1 aliphatic rings. The SMILES string of the molecule is Nc1cc([N+](=O)[O-])cc(NC2CCS(=O)CC2)n1. The zero-order chi connectivity index (χ0) is 13.1. The van der Waals surface area contributed by atoms with Gasteiger partial charge in [-0.3, -0.25) is 14.3 Å². The molecule has 8 heteroatoms. The van der Waals surface area contributed by atoms with E-state index in [0.29, 0.717) is 17.3 Å². The van der Waals surface area contributed by atoms with Gasteiger partial charge in [0.25, 0.3) is 5.69 Å². The number of nitrogens with zero attached hydrogens (tertiary/aromatic N) is 2. The minimum Gasteiger partial charge on any atom is -0.383 e. The Labute approximate surface area is 106 Å². The van der Waals surface area contributed by atoms with E-state index in [-0.39, 0.29) is 17.5 Å². The van der Waals surface area contributed by atoms with Crippen LogP contribution in [0.25, 0.3) is 0 Å². The van der Waals surface area contributed by atoms with Crippen molar-refractivity contribution < 1.29 is 9.13 Å². The maximum Gasteiger partial charge on any atom is 0.276 e. The molecular formula is C10H14N4O3S. The van der Waals surface area contributed by atoms with E-state index in [9.17, 15) is 14.3 Å². The third-order valence-corrected chi connectivity index (χ3v) is 4.16. The second-order valence-electron chi connectivity index (χ2n) is 4.16. The van der Waals surface area contributed by atoms with Crippen molar-refractivity contribution in [2.24, 2.45) is 0 Å². The van der Waals surface area contributed by atoms with Crippen LogP contribution in [0.2, 0.25) is 0 Å². The predicted octanol–water partition coefficient (Wildman–Crippen LogP) is 0.895. The molecule has 1 aliphatic heterocycles. The molecule has 98 valence electrons. The van der Waals surface area contributed by atoms with Crippen molar-refractivity contribution in [1.29, 1.82) is 0 Å². The van der Waals surface area contributed by atoms with Crippen LogP contribution in [0.4, 0.5) is 17.3 Å². The Morgan fingerprint density at radius 3 is 2.72 bits per heavy atom. The van der Waals surface area contributed by atoms with Gasteiger partial charge in [0.2, 0.25) is 0 Å². The number of pyridine rings is 1. The lowest BCUT2D eigenvalue weighted by Gasteiger charge is -2.22. The van der Waals surface area contributed by atoms with Crippen LogP contribution in [-0.4, -0.2) is 31.7 Å². The summed E-state index contributed by atoms with van der Waals surface area (Å²) in [6, 6.07) is 2.74. The van der Waals surface area contributed by atoms with Gasteiger partial charge in [-0.25, -0.2) is 4.98 Å². The van der Waals surface area contributed by atoms with E-state index in [4.69, 9.17) is 5.73 Å². The van der Waals surface area contributed by atoms with E-state index in [2.05, 4.69) is 10.3 Å². The first kappa shape index (κ1) is 12.7. The summed E-state index contributed by atoms with van der Waals surface area (Å²) in [4.78, 5) is 14.2. The highest BCUT2D eigenvalue weighted by Crippen LogP contribution is 2.21. The lowest BCUT2D eigenvalue weighted by molar-refractivity contribution is -0.384. The van der Waals surface area contributed by atoms with Crippen LogP contribution < -0.4 is 11.1 Å². The molecule has 1 saturated heterocycles. The quantitative estimate of drug-likeness (QED) is 0.623. The van der Waals surface area contributed by atoms with Gasteiger partial charge in [0, 0.05) is 28.3 Å². The first-order valence-electron chi connectivity index (χ1n) is 5.58. The van der Waals surface area contributed by atoms with E-state index >= 15 is 0 Å². The maximum atomic E-state index is 11.2. The first-order valence-corrected chi connectivity index (χ1v) is 7.07. The Balaban J connectivity index is 2.09. The van der Waals surface area contributed by atoms with Crippen LogP contribution in [0.3, 0.4) is 0 Å². The first-order chi connectivity index (χ1) is 8.54. The number of hydrogen-bond acceptors (Lipinski definition) is 6. The van der Waals surface area contributed by atoms with E-state index in [1.807, 2.05) is 0 Å². The number of nitrogen functional groups attached to an aromatic ring is 1. The monoisotopic (exact) mass is 270 g/mol. The molecule has 2 rings (SSSR count). The van der Waals surface area contributed by atoms with Crippen LogP contribution in [0, 0.1) is 10.1 Å². The van der Waals surface area contributed by atoms with Crippen molar-refractivity contribution in [3.8, 4) is 0 Å². The molecule has 7 nitrogen and oxygen atoms in total. The molecular weight excluding hydrogens is 256 g/mol. The van der Waals surface area contributed by atoms with Gasteiger partial charge in [-0.15, -0.1) is 0 Å². The van der Waals surface area contributed by atoms with Crippen LogP contribution in [0.15, 0.2) is 12.1 Å². The Kier molecular flexibility index (Phi) is 3.75. The van der Waals surface area contributed by atoms with E-state index in [1.165, 1.54) is 12.1 Å². The molecule has 1 aromatic heterocycles. The van der Waals surface area contributed by atoms with Gasteiger partial charge < -0.3 is 11.1 Å². The van der Waals surface area contributed by atoms with Gasteiger partial charge in [0.1, 0.15) is 11.6 Å². The molecule has 0 unspecified atom stereocenters. The Hall–Kier alpha value is -1.70. The van der Waals surface area contributed by atoms with E-state index in [1.54, 1.807) is 0 Å². The molecule has 0 aliphatic carbocycles. The van der Waals surface area contributed by atoms with Gasteiger partial charge in [0.15, 0.2) is 0 Å². The highest BCUT2D eigenvalue weighted by molar-refractivity contribution is 7.85. The largest absolute Gasteiger partial charge is 0.383 e. The molecule has 1 aromatic rings. The summed E-state index contributed by atoms with van der Waals surface area (Å²) in [5, 5.41) is 13.8. The highest BCUT2D eigenvalue weighted by Gasteiger charge is 2.19. The summed E-state index contributed by atoms with van der Waals surface area (Å²) in [5.41, 5.74) is 5.44. The van der Waals surface area contributed by atoms with Crippen LogP contribution in [0.1, 0.15) is 12.8 Å². The van der Waals surface area contributed by atoms with Crippen molar-refractivity contribution in [3.05, 3.63) is 22.2 Å². The normalized spacial score (nSPS) is 23.6. The highest BCUT2D eigenvalue weighted by atomic mass is 32.2. The Morgan fingerprint density at radius 1 is 1.44 bits per heavy atom. The summed E-state index contributed by atoms with van der Waals surface area (Å²) < 4.78 is 11.2.